The van der Waals surface area contributed by atoms with Crippen molar-refractivity contribution in [3.63, 3.8) is 0 Å². The first-order valence-electron chi connectivity index (χ1n) is 17.6. The molecule has 0 saturated carbocycles. The highest BCUT2D eigenvalue weighted by Crippen LogP contribution is 2.39. The number of rotatable bonds is 8. The van der Waals surface area contributed by atoms with Crippen LogP contribution in [0.5, 0.6) is 0 Å². The number of carbonyl (C=O) groups excluding carboxylic acids is 1. The number of carbonyl (C=O) groups is 1. The Morgan fingerprint density at radius 2 is 0.683 bits per heavy atom. The fourth-order valence-electron chi connectivity index (χ4n) is 6.02. The Kier molecular flexibility index (Phi) is 12.7. The van der Waals surface area contributed by atoms with Gasteiger partial charge in [0.25, 0.3) is 0 Å². The third-order valence-electron chi connectivity index (χ3n) is 9.15. The smallest absolute Gasteiger partial charge is 0.298 e. The van der Waals surface area contributed by atoms with Gasteiger partial charge in [-0.05, 0) is 121 Å². The Morgan fingerprint density at radius 1 is 0.400 bits per heavy atom. The van der Waals surface area contributed by atoms with E-state index in [1.54, 1.807) is 24.3 Å². The molecule has 0 aliphatic carbocycles. The number of benzene rings is 4. The molecule has 308 valence electrons. The minimum absolute atomic E-state index is 0.0846. The molecule has 0 aliphatic rings. The van der Waals surface area contributed by atoms with Crippen molar-refractivity contribution < 1.29 is 57.5 Å². The van der Waals surface area contributed by atoms with E-state index in [-0.39, 0.29) is 24.0 Å². The van der Waals surface area contributed by atoms with Gasteiger partial charge in [0.05, 0.1) is 43.8 Å². The molecule has 2 atom stereocenters. The third-order valence-corrected chi connectivity index (χ3v) is 11.4. The minimum Gasteiger partial charge on any atom is -0.298 e. The molecule has 0 bridgehead atoms. The Morgan fingerprint density at radius 3 is 0.967 bits per heavy atom. The van der Waals surface area contributed by atoms with Crippen LogP contribution >= 0.6 is 22.7 Å². The van der Waals surface area contributed by atoms with Crippen molar-refractivity contribution in [2.75, 3.05) is 0 Å². The lowest BCUT2D eigenvalue weighted by Crippen LogP contribution is -2.23. The first-order valence-corrected chi connectivity index (χ1v) is 19.2. The fraction of sp³-hybridized carbons (Fsp3) is 0.178. The van der Waals surface area contributed by atoms with Crippen LogP contribution in [0.1, 0.15) is 75.9 Å². The van der Waals surface area contributed by atoms with E-state index in [2.05, 4.69) is 23.7 Å². The number of hydrogen-bond acceptors (Lipinski definition) is 3. The second-order valence-corrected chi connectivity index (χ2v) is 15.6. The van der Waals surface area contributed by atoms with Crippen molar-refractivity contribution >= 4 is 28.5 Å². The highest BCUT2D eigenvalue weighted by Gasteiger charge is 2.35. The standard InChI is InChI=1S/C45H26F12OS2/c46-42(47,48)31-11-1-27(2-12-31)9-19-35-21-23-39(59-35)37(25-29-5-15-33(16-6-29)44(52,53)54)41(58)38(26-30-7-17-34(18-8-30)45(55,56)57)40-24-22-36(60-40)20-10-28-3-13-32(14-4-28)43(49,50)51/h1-8,11-18,21-24,37-38H,25-26H2. The molecule has 6 aromatic rings. The summed E-state index contributed by atoms with van der Waals surface area (Å²) in [5.41, 5.74) is -2.23. The normalized spacial score (nSPS) is 13.1. The van der Waals surface area contributed by atoms with E-state index in [1.807, 2.05) is 0 Å². The monoisotopic (exact) mass is 874 g/mol. The van der Waals surface area contributed by atoms with Gasteiger partial charge in [-0.3, -0.25) is 4.79 Å². The molecule has 2 unspecified atom stereocenters. The highest BCUT2D eigenvalue weighted by molar-refractivity contribution is 7.13. The first kappa shape index (κ1) is 43.8. The number of Topliss-reactive ketones (excluding diaryl/α,β-unsaturated/α-hetero) is 1. The second-order valence-electron chi connectivity index (χ2n) is 13.4. The predicted octanol–water partition coefficient (Wildman–Crippen LogP) is 13.6. The molecule has 0 spiro atoms. The summed E-state index contributed by atoms with van der Waals surface area (Å²) in [7, 11) is 0. The molecular weight excluding hydrogens is 849 g/mol. The summed E-state index contributed by atoms with van der Waals surface area (Å²) in [5, 5.41) is 0. The van der Waals surface area contributed by atoms with Gasteiger partial charge in [-0.1, -0.05) is 47.9 Å². The first-order chi connectivity index (χ1) is 28.1. The Balaban J connectivity index is 1.37. The Bertz CT molecular complexity index is 2370. The molecule has 0 saturated heterocycles. The van der Waals surface area contributed by atoms with Crippen molar-refractivity contribution in [2.45, 2.75) is 49.4 Å². The van der Waals surface area contributed by atoms with Crippen molar-refractivity contribution in [2.24, 2.45) is 0 Å². The topological polar surface area (TPSA) is 17.1 Å². The summed E-state index contributed by atoms with van der Waals surface area (Å²) in [4.78, 5) is 16.7. The van der Waals surface area contributed by atoms with Gasteiger partial charge < -0.3 is 0 Å². The lowest BCUT2D eigenvalue weighted by atomic mass is 9.83. The maximum Gasteiger partial charge on any atom is 0.416 e. The summed E-state index contributed by atoms with van der Waals surface area (Å²) < 4.78 is 159. The highest BCUT2D eigenvalue weighted by atomic mass is 32.1. The van der Waals surface area contributed by atoms with Gasteiger partial charge in [0, 0.05) is 20.9 Å². The summed E-state index contributed by atoms with van der Waals surface area (Å²) in [6, 6.07) is 23.3. The van der Waals surface area contributed by atoms with Crippen LogP contribution in [0.4, 0.5) is 52.7 Å². The van der Waals surface area contributed by atoms with Gasteiger partial charge in [-0.25, -0.2) is 0 Å². The molecule has 0 fully saturated rings. The van der Waals surface area contributed by atoms with Crippen LogP contribution in [0, 0.1) is 23.7 Å². The van der Waals surface area contributed by atoms with Crippen molar-refractivity contribution in [3.05, 3.63) is 185 Å². The van der Waals surface area contributed by atoms with E-state index in [0.29, 0.717) is 30.6 Å². The SMILES string of the molecule is O=C(C(Cc1ccc(C(F)(F)F)cc1)c1ccc(C#Cc2ccc(C(F)(F)F)cc2)s1)C(Cc1ccc(C(F)(F)F)cc1)c1ccc(C#Cc2ccc(C(F)(F)F)cc2)s1. The van der Waals surface area contributed by atoms with Gasteiger partial charge in [-0.15, -0.1) is 22.7 Å². The number of alkyl halides is 12. The molecule has 0 aliphatic heterocycles. The molecule has 4 aromatic carbocycles. The van der Waals surface area contributed by atoms with Crippen LogP contribution in [-0.2, 0) is 42.3 Å². The lowest BCUT2D eigenvalue weighted by molar-refractivity contribution is -0.138. The van der Waals surface area contributed by atoms with Crippen LogP contribution in [-0.4, -0.2) is 5.78 Å². The van der Waals surface area contributed by atoms with Crippen molar-refractivity contribution in [1.29, 1.82) is 0 Å². The van der Waals surface area contributed by atoms with E-state index in [4.69, 9.17) is 0 Å². The minimum atomic E-state index is -4.62. The average molecular weight is 875 g/mol. The van der Waals surface area contributed by atoms with Crippen LogP contribution in [0.25, 0.3) is 0 Å². The molecular formula is C45H26F12OS2. The maximum atomic E-state index is 14.9. The van der Waals surface area contributed by atoms with Gasteiger partial charge in [0.1, 0.15) is 5.78 Å². The summed E-state index contributed by atoms with van der Waals surface area (Å²) in [5.74, 6) is 8.85. The average Bonchev–Trinajstić information content (AvgIpc) is 3.87. The largest absolute Gasteiger partial charge is 0.416 e. The van der Waals surface area contributed by atoms with Crippen LogP contribution in [0.15, 0.2) is 121 Å². The van der Waals surface area contributed by atoms with Crippen molar-refractivity contribution in [1.82, 2.24) is 0 Å². The molecule has 2 aromatic heterocycles. The van der Waals surface area contributed by atoms with Gasteiger partial charge in [0.15, 0.2) is 0 Å². The molecule has 0 N–H and O–H groups in total. The summed E-state index contributed by atoms with van der Waals surface area (Å²) in [6.45, 7) is 0. The zero-order chi connectivity index (χ0) is 43.5. The van der Waals surface area contributed by atoms with E-state index < -0.39 is 64.6 Å². The zero-order valence-corrected chi connectivity index (χ0v) is 32.0. The predicted molar refractivity (Wildman–Crippen MR) is 204 cm³/mol. The van der Waals surface area contributed by atoms with E-state index >= 15 is 0 Å². The number of hydrogen-bond donors (Lipinski definition) is 0. The van der Waals surface area contributed by atoms with Crippen LogP contribution in [0.3, 0.4) is 0 Å². The summed E-state index contributed by atoms with van der Waals surface area (Å²) >= 11 is 2.18. The van der Waals surface area contributed by atoms with Crippen LogP contribution in [0.2, 0.25) is 0 Å². The third kappa shape index (κ3) is 11.3. The molecule has 15 heteroatoms. The fourth-order valence-corrected chi connectivity index (χ4v) is 7.96. The van der Waals surface area contributed by atoms with Gasteiger partial charge >= 0.3 is 24.7 Å². The van der Waals surface area contributed by atoms with Crippen molar-refractivity contribution in [3.8, 4) is 23.7 Å². The van der Waals surface area contributed by atoms with E-state index in [9.17, 15) is 57.5 Å². The maximum absolute atomic E-state index is 14.9. The lowest BCUT2D eigenvalue weighted by Gasteiger charge is -2.22. The number of ketones is 1. The second kappa shape index (κ2) is 17.4. The number of halogens is 12. The quantitative estimate of drug-likeness (QED) is 0.110. The Hall–Kier alpha value is -5.77. The summed E-state index contributed by atoms with van der Waals surface area (Å²) in [6.07, 6.45) is -18.5. The van der Waals surface area contributed by atoms with Gasteiger partial charge in [0.2, 0.25) is 0 Å². The zero-order valence-electron chi connectivity index (χ0n) is 30.4. The molecule has 0 amide bonds. The molecule has 2 heterocycles. The molecule has 6 rings (SSSR count). The van der Waals surface area contributed by atoms with Crippen LogP contribution < -0.4 is 0 Å². The van der Waals surface area contributed by atoms with Gasteiger partial charge in [-0.2, -0.15) is 52.7 Å². The van der Waals surface area contributed by atoms with E-state index in [1.165, 1.54) is 48.5 Å². The number of thiophene rings is 2. The molecule has 60 heavy (non-hydrogen) atoms. The Labute approximate surface area is 343 Å². The van der Waals surface area contributed by atoms with E-state index in [0.717, 1.165) is 71.2 Å². The molecule has 1 nitrogen and oxygen atoms in total. The molecule has 0 radical (unpaired) electrons.